The zero-order valence-electron chi connectivity index (χ0n) is 21.3. The number of nitrogens with one attached hydrogen (secondary N) is 1. The minimum absolute atomic E-state index is 0.186. The van der Waals surface area contributed by atoms with Gasteiger partial charge in [-0.1, -0.05) is 30.3 Å². The first-order valence-electron chi connectivity index (χ1n) is 11.6. The molecule has 0 heterocycles. The number of rotatable bonds is 9. The Kier molecular flexibility index (Phi) is 8.22. The molecule has 0 aliphatic heterocycles. The summed E-state index contributed by atoms with van der Waals surface area (Å²) in [4.78, 5) is 12.7. The second-order valence-corrected chi connectivity index (χ2v) is 11.1. The molecular weight excluding hydrogens is 460 g/mol. The quantitative estimate of drug-likeness (QED) is 0.450. The molecule has 0 saturated heterocycles. The second kappa shape index (κ2) is 11.0. The van der Waals surface area contributed by atoms with Crippen molar-refractivity contribution in [3.05, 3.63) is 94.0 Å². The largest absolute Gasteiger partial charge is 0.491 e. The fraction of sp³-hybridized carbons (Fsp3) is 0.321. The molecule has 0 saturated carbocycles. The Bertz CT molecular complexity index is 1300. The van der Waals surface area contributed by atoms with Crippen LogP contribution in [0.15, 0.2) is 60.7 Å². The first-order valence-corrected chi connectivity index (χ1v) is 13.4. The Morgan fingerprint density at radius 1 is 0.914 bits per heavy atom. The van der Waals surface area contributed by atoms with Crippen molar-refractivity contribution in [1.29, 1.82) is 0 Å². The van der Waals surface area contributed by atoms with E-state index in [1.54, 1.807) is 24.3 Å². The third-order valence-corrected chi connectivity index (χ3v) is 7.06. The third kappa shape index (κ3) is 7.09. The van der Waals surface area contributed by atoms with Gasteiger partial charge in [-0.05, 0) is 92.8 Å². The monoisotopic (exact) mass is 494 g/mol. The number of sulfonamides is 1. The average molecular weight is 495 g/mol. The topological polar surface area (TPSA) is 75.7 Å². The molecule has 1 amide bonds. The number of benzene rings is 3. The van der Waals surface area contributed by atoms with E-state index >= 15 is 0 Å². The molecule has 3 aromatic carbocycles. The van der Waals surface area contributed by atoms with Gasteiger partial charge in [-0.2, -0.15) is 0 Å². The van der Waals surface area contributed by atoms with Gasteiger partial charge in [0.15, 0.2) is 0 Å². The van der Waals surface area contributed by atoms with Gasteiger partial charge in [-0.3, -0.25) is 9.10 Å². The van der Waals surface area contributed by atoms with Crippen LogP contribution in [-0.2, 0) is 16.6 Å². The summed E-state index contributed by atoms with van der Waals surface area (Å²) in [6.45, 7) is 10.3. The molecule has 0 spiro atoms. The Balaban J connectivity index is 1.64. The predicted octanol–water partition coefficient (Wildman–Crippen LogP) is 5.08. The van der Waals surface area contributed by atoms with Crippen molar-refractivity contribution in [2.24, 2.45) is 0 Å². The summed E-state index contributed by atoms with van der Waals surface area (Å²) in [5.41, 5.74) is 6.19. The highest BCUT2D eigenvalue weighted by Gasteiger charge is 2.20. The van der Waals surface area contributed by atoms with Crippen LogP contribution < -0.4 is 14.4 Å². The third-order valence-electron chi connectivity index (χ3n) is 5.93. The summed E-state index contributed by atoms with van der Waals surface area (Å²) in [6.07, 6.45) is 1.21. The molecule has 3 aromatic rings. The van der Waals surface area contributed by atoms with E-state index in [1.807, 2.05) is 64.1 Å². The molecule has 186 valence electrons. The lowest BCUT2D eigenvalue weighted by Crippen LogP contribution is -2.36. The van der Waals surface area contributed by atoms with Gasteiger partial charge >= 0.3 is 0 Å². The zero-order valence-corrected chi connectivity index (χ0v) is 22.1. The number of aryl methyl sites for hydroxylation is 4. The fourth-order valence-corrected chi connectivity index (χ4v) is 4.61. The molecule has 0 aliphatic carbocycles. The predicted molar refractivity (Wildman–Crippen MR) is 142 cm³/mol. The van der Waals surface area contributed by atoms with E-state index in [0.29, 0.717) is 17.9 Å². The molecule has 0 aliphatic rings. The normalized spacial score (nSPS) is 12.2. The van der Waals surface area contributed by atoms with E-state index in [0.717, 1.165) is 28.0 Å². The number of hydrogen-bond acceptors (Lipinski definition) is 4. The Morgan fingerprint density at radius 2 is 1.57 bits per heavy atom. The van der Waals surface area contributed by atoms with Crippen LogP contribution in [0.4, 0.5) is 5.69 Å². The van der Waals surface area contributed by atoms with Gasteiger partial charge in [0, 0.05) is 5.56 Å². The van der Waals surface area contributed by atoms with Crippen molar-refractivity contribution in [3.8, 4) is 5.75 Å². The van der Waals surface area contributed by atoms with Crippen molar-refractivity contribution >= 4 is 21.6 Å². The van der Waals surface area contributed by atoms with Crippen LogP contribution in [0.1, 0.15) is 45.1 Å². The van der Waals surface area contributed by atoms with Crippen LogP contribution in [0.25, 0.3) is 0 Å². The highest BCUT2D eigenvalue weighted by atomic mass is 32.2. The summed E-state index contributed by atoms with van der Waals surface area (Å²) in [6, 6.07) is 18.5. The standard InChI is InChI=1S/C28H34N2O4S/c1-19-7-8-21(3)27(15-19)30(35(6,32)33)17-24-10-12-25(13-11-24)28(31)29-23(5)18-34-26-14-9-20(2)22(4)16-26/h7-16,23H,17-18H2,1-6H3,(H,29,31). The number of hydrogen-bond donors (Lipinski definition) is 1. The van der Waals surface area contributed by atoms with Crippen molar-refractivity contribution in [2.45, 2.75) is 47.2 Å². The number of amides is 1. The van der Waals surface area contributed by atoms with Gasteiger partial charge in [0.1, 0.15) is 12.4 Å². The first kappa shape index (κ1) is 26.3. The van der Waals surface area contributed by atoms with Crippen molar-refractivity contribution in [3.63, 3.8) is 0 Å². The lowest BCUT2D eigenvalue weighted by molar-refractivity contribution is 0.0926. The Morgan fingerprint density at radius 3 is 2.20 bits per heavy atom. The van der Waals surface area contributed by atoms with Crippen molar-refractivity contribution in [2.75, 3.05) is 17.2 Å². The lowest BCUT2D eigenvalue weighted by atomic mass is 10.1. The van der Waals surface area contributed by atoms with Crippen molar-refractivity contribution < 1.29 is 17.9 Å². The summed E-state index contributed by atoms with van der Waals surface area (Å²) < 4.78 is 32.3. The minimum atomic E-state index is -3.49. The van der Waals surface area contributed by atoms with Crippen LogP contribution >= 0.6 is 0 Å². The number of anilines is 1. The van der Waals surface area contributed by atoms with Gasteiger partial charge in [0.05, 0.1) is 24.5 Å². The Hall–Kier alpha value is -3.32. The second-order valence-electron chi connectivity index (χ2n) is 9.19. The molecule has 1 atom stereocenters. The van der Waals surface area contributed by atoms with Crippen LogP contribution in [0.2, 0.25) is 0 Å². The number of carbonyl (C=O) groups excluding carboxylic acids is 1. The summed E-state index contributed by atoms with van der Waals surface area (Å²) in [5, 5.41) is 2.95. The molecule has 0 bridgehead atoms. The van der Waals surface area contributed by atoms with Crippen LogP contribution in [-0.4, -0.2) is 33.2 Å². The molecule has 7 heteroatoms. The maximum atomic E-state index is 12.7. The van der Waals surface area contributed by atoms with Gasteiger partial charge in [-0.15, -0.1) is 0 Å². The minimum Gasteiger partial charge on any atom is -0.491 e. The first-order chi connectivity index (χ1) is 16.4. The van der Waals surface area contributed by atoms with E-state index in [1.165, 1.54) is 16.1 Å². The van der Waals surface area contributed by atoms with Crippen LogP contribution in [0.3, 0.4) is 0 Å². The highest BCUT2D eigenvalue weighted by molar-refractivity contribution is 7.92. The maximum Gasteiger partial charge on any atom is 0.251 e. The van der Waals surface area contributed by atoms with E-state index in [2.05, 4.69) is 12.2 Å². The van der Waals surface area contributed by atoms with Crippen LogP contribution in [0.5, 0.6) is 5.75 Å². The lowest BCUT2D eigenvalue weighted by Gasteiger charge is -2.25. The number of nitrogens with zero attached hydrogens (tertiary/aromatic N) is 1. The maximum absolute atomic E-state index is 12.7. The van der Waals surface area contributed by atoms with E-state index in [-0.39, 0.29) is 18.5 Å². The number of ether oxygens (including phenoxy) is 1. The summed E-state index contributed by atoms with van der Waals surface area (Å²) in [5.74, 6) is 0.570. The molecule has 0 fully saturated rings. The zero-order chi connectivity index (χ0) is 25.8. The van der Waals surface area contributed by atoms with Gasteiger partial charge in [0.2, 0.25) is 10.0 Å². The highest BCUT2D eigenvalue weighted by Crippen LogP contribution is 2.26. The number of carbonyl (C=O) groups is 1. The molecule has 0 radical (unpaired) electrons. The van der Waals surface area contributed by atoms with Crippen molar-refractivity contribution in [1.82, 2.24) is 5.32 Å². The van der Waals surface area contributed by atoms with E-state index < -0.39 is 10.0 Å². The van der Waals surface area contributed by atoms with Gasteiger partial charge < -0.3 is 10.1 Å². The van der Waals surface area contributed by atoms with Gasteiger partial charge in [0.25, 0.3) is 5.91 Å². The summed E-state index contributed by atoms with van der Waals surface area (Å²) in [7, 11) is -3.49. The Labute approximate surface area is 209 Å². The SMILES string of the molecule is Cc1ccc(C)c(N(Cc2ccc(C(=O)NC(C)COc3ccc(C)c(C)c3)cc2)S(C)(=O)=O)c1. The van der Waals surface area contributed by atoms with Gasteiger partial charge in [-0.25, -0.2) is 8.42 Å². The van der Waals surface area contributed by atoms with E-state index in [9.17, 15) is 13.2 Å². The molecule has 6 nitrogen and oxygen atoms in total. The fourth-order valence-electron chi connectivity index (χ4n) is 3.67. The molecule has 1 N–H and O–H groups in total. The van der Waals surface area contributed by atoms with E-state index in [4.69, 9.17) is 4.74 Å². The smallest absolute Gasteiger partial charge is 0.251 e. The molecule has 35 heavy (non-hydrogen) atoms. The average Bonchev–Trinajstić information content (AvgIpc) is 2.79. The molecule has 1 unspecified atom stereocenters. The molecule has 0 aromatic heterocycles. The van der Waals surface area contributed by atoms with Crippen LogP contribution in [0, 0.1) is 27.7 Å². The summed E-state index contributed by atoms with van der Waals surface area (Å²) >= 11 is 0. The molecular formula is C28H34N2O4S. The molecule has 3 rings (SSSR count).